The molecule has 0 fully saturated rings. The molecule has 0 saturated heterocycles. The summed E-state index contributed by atoms with van der Waals surface area (Å²) in [5.41, 5.74) is 1.06. The quantitative estimate of drug-likeness (QED) is 0.845. The van der Waals surface area contributed by atoms with E-state index in [1.54, 1.807) is 11.8 Å². The molecule has 3 nitrogen and oxygen atoms in total. The molecule has 0 unspecified atom stereocenters. The Hall–Kier alpha value is -1.26. The first-order valence-corrected chi connectivity index (χ1v) is 7.50. The Morgan fingerprint density at radius 1 is 1.21 bits per heavy atom. The number of hydrogen-bond acceptors (Lipinski definition) is 4. The Labute approximate surface area is 122 Å². The first-order valence-electron chi connectivity index (χ1n) is 6.14. The standard InChI is InChI=1S/C14H16ClN3S/c1-3-11-8-13(16-2)18-14(17-11)9-19-12-6-4-10(15)5-7-12/h4-8H,3,9H2,1-2H3,(H,16,17,18). The van der Waals surface area contributed by atoms with Crippen LogP contribution in [0.3, 0.4) is 0 Å². The number of nitrogens with zero attached hydrogens (tertiary/aromatic N) is 2. The molecule has 100 valence electrons. The normalized spacial score (nSPS) is 10.5. The maximum Gasteiger partial charge on any atom is 0.141 e. The van der Waals surface area contributed by atoms with Crippen LogP contribution < -0.4 is 5.32 Å². The van der Waals surface area contributed by atoms with Gasteiger partial charge in [0.05, 0.1) is 5.75 Å². The minimum atomic E-state index is 0.754. The van der Waals surface area contributed by atoms with Crippen LogP contribution in [-0.4, -0.2) is 17.0 Å². The van der Waals surface area contributed by atoms with Crippen molar-refractivity contribution in [2.45, 2.75) is 24.0 Å². The number of halogens is 1. The zero-order valence-electron chi connectivity index (χ0n) is 11.0. The Morgan fingerprint density at radius 3 is 2.58 bits per heavy atom. The van der Waals surface area contributed by atoms with Crippen LogP contribution in [0.2, 0.25) is 5.02 Å². The van der Waals surface area contributed by atoms with Gasteiger partial charge in [0.25, 0.3) is 0 Å². The molecule has 1 N–H and O–H groups in total. The summed E-state index contributed by atoms with van der Waals surface area (Å²) in [6.07, 6.45) is 0.913. The largest absolute Gasteiger partial charge is 0.373 e. The number of aryl methyl sites for hydroxylation is 1. The molecule has 1 aromatic heterocycles. The average molecular weight is 294 g/mol. The number of hydrogen-bond donors (Lipinski definition) is 1. The van der Waals surface area contributed by atoms with Crippen molar-refractivity contribution in [3.63, 3.8) is 0 Å². The van der Waals surface area contributed by atoms with Crippen LogP contribution in [0.15, 0.2) is 35.2 Å². The molecular formula is C14H16ClN3S. The lowest BCUT2D eigenvalue weighted by molar-refractivity contribution is 0.941. The van der Waals surface area contributed by atoms with E-state index in [4.69, 9.17) is 11.6 Å². The molecule has 0 aliphatic rings. The zero-order chi connectivity index (χ0) is 13.7. The molecule has 0 amide bonds. The highest BCUT2D eigenvalue weighted by molar-refractivity contribution is 7.98. The van der Waals surface area contributed by atoms with E-state index in [1.807, 2.05) is 37.4 Å². The fourth-order valence-corrected chi connectivity index (χ4v) is 2.48. The zero-order valence-corrected chi connectivity index (χ0v) is 12.6. The molecule has 0 bridgehead atoms. The Morgan fingerprint density at radius 2 is 1.95 bits per heavy atom. The van der Waals surface area contributed by atoms with Crippen LogP contribution in [0.4, 0.5) is 5.82 Å². The van der Waals surface area contributed by atoms with Crippen LogP contribution in [0.1, 0.15) is 18.4 Å². The van der Waals surface area contributed by atoms with Gasteiger partial charge < -0.3 is 5.32 Å². The van der Waals surface area contributed by atoms with Gasteiger partial charge in [-0.1, -0.05) is 18.5 Å². The van der Waals surface area contributed by atoms with Gasteiger partial charge in [0.1, 0.15) is 11.6 Å². The summed E-state index contributed by atoms with van der Waals surface area (Å²) < 4.78 is 0. The molecule has 0 atom stereocenters. The number of anilines is 1. The van der Waals surface area contributed by atoms with Crippen LogP contribution in [0, 0.1) is 0 Å². The molecule has 5 heteroatoms. The fourth-order valence-electron chi connectivity index (χ4n) is 1.60. The summed E-state index contributed by atoms with van der Waals surface area (Å²) in [6, 6.07) is 9.79. The second kappa shape index (κ2) is 6.78. The van der Waals surface area contributed by atoms with Crippen molar-refractivity contribution in [1.29, 1.82) is 0 Å². The van der Waals surface area contributed by atoms with Gasteiger partial charge in [-0.15, -0.1) is 11.8 Å². The molecule has 0 radical (unpaired) electrons. The molecule has 0 aliphatic carbocycles. The van der Waals surface area contributed by atoms with Crippen molar-refractivity contribution in [3.8, 4) is 0 Å². The Kier molecular flexibility index (Phi) is 5.05. The molecular weight excluding hydrogens is 278 g/mol. The van der Waals surface area contributed by atoms with Gasteiger partial charge in [-0.2, -0.15) is 0 Å². The van der Waals surface area contributed by atoms with Gasteiger partial charge in [-0.05, 0) is 30.7 Å². The van der Waals surface area contributed by atoms with Crippen molar-refractivity contribution >= 4 is 29.2 Å². The summed E-state index contributed by atoms with van der Waals surface area (Å²) in [7, 11) is 1.87. The molecule has 1 aromatic carbocycles. The maximum atomic E-state index is 5.87. The van der Waals surface area contributed by atoms with Gasteiger partial charge in [0.15, 0.2) is 0 Å². The highest BCUT2D eigenvalue weighted by Gasteiger charge is 2.04. The molecule has 19 heavy (non-hydrogen) atoms. The van der Waals surface area contributed by atoms with Crippen LogP contribution >= 0.6 is 23.4 Å². The van der Waals surface area contributed by atoms with E-state index < -0.39 is 0 Å². The third kappa shape index (κ3) is 4.11. The SMILES string of the molecule is CCc1cc(NC)nc(CSc2ccc(Cl)cc2)n1. The number of benzene rings is 1. The highest BCUT2D eigenvalue weighted by Crippen LogP contribution is 2.23. The van der Waals surface area contributed by atoms with E-state index in [-0.39, 0.29) is 0 Å². The Bertz CT molecular complexity index is 521. The Balaban J connectivity index is 2.08. The smallest absolute Gasteiger partial charge is 0.141 e. The van der Waals surface area contributed by atoms with E-state index in [1.165, 1.54) is 4.90 Å². The lowest BCUT2D eigenvalue weighted by Crippen LogP contribution is -2.02. The van der Waals surface area contributed by atoms with E-state index in [0.29, 0.717) is 0 Å². The number of nitrogens with one attached hydrogen (secondary N) is 1. The topological polar surface area (TPSA) is 37.8 Å². The first-order chi connectivity index (χ1) is 9.21. The van der Waals surface area contributed by atoms with Crippen molar-refractivity contribution in [2.75, 3.05) is 12.4 Å². The van der Waals surface area contributed by atoms with Crippen LogP contribution in [0.25, 0.3) is 0 Å². The first kappa shape index (κ1) is 14.2. The third-order valence-electron chi connectivity index (χ3n) is 2.63. The third-order valence-corrected chi connectivity index (χ3v) is 3.89. The fraction of sp³-hybridized carbons (Fsp3) is 0.286. The van der Waals surface area contributed by atoms with Gasteiger partial charge in [-0.3, -0.25) is 0 Å². The van der Waals surface area contributed by atoms with Gasteiger partial charge in [-0.25, -0.2) is 9.97 Å². The van der Waals surface area contributed by atoms with Gasteiger partial charge >= 0.3 is 0 Å². The van der Waals surface area contributed by atoms with E-state index in [9.17, 15) is 0 Å². The predicted molar refractivity (Wildman–Crippen MR) is 82.0 cm³/mol. The highest BCUT2D eigenvalue weighted by atomic mass is 35.5. The molecule has 0 aliphatic heterocycles. The summed E-state index contributed by atoms with van der Waals surface area (Å²) in [4.78, 5) is 10.2. The minimum absolute atomic E-state index is 0.754. The summed E-state index contributed by atoms with van der Waals surface area (Å²) in [5.74, 6) is 2.48. The molecule has 0 spiro atoms. The minimum Gasteiger partial charge on any atom is -0.373 e. The van der Waals surface area contributed by atoms with Crippen molar-refractivity contribution in [2.24, 2.45) is 0 Å². The lowest BCUT2D eigenvalue weighted by atomic mass is 10.3. The van der Waals surface area contributed by atoms with Crippen LogP contribution in [0.5, 0.6) is 0 Å². The van der Waals surface area contributed by atoms with Crippen molar-refractivity contribution in [3.05, 3.63) is 46.9 Å². The van der Waals surface area contributed by atoms with E-state index in [2.05, 4.69) is 22.2 Å². The number of rotatable bonds is 5. The van der Waals surface area contributed by atoms with Gasteiger partial charge in [0, 0.05) is 28.7 Å². The molecule has 2 aromatic rings. The average Bonchev–Trinajstić information content (AvgIpc) is 2.46. The lowest BCUT2D eigenvalue weighted by Gasteiger charge is -2.06. The van der Waals surface area contributed by atoms with E-state index in [0.717, 1.165) is 34.5 Å². The second-order valence-electron chi connectivity index (χ2n) is 4.01. The summed E-state index contributed by atoms with van der Waals surface area (Å²) >= 11 is 7.57. The molecule has 1 heterocycles. The second-order valence-corrected chi connectivity index (χ2v) is 5.49. The maximum absolute atomic E-state index is 5.87. The number of aromatic nitrogens is 2. The molecule has 0 saturated carbocycles. The summed E-state index contributed by atoms with van der Waals surface area (Å²) in [6.45, 7) is 2.10. The monoisotopic (exact) mass is 293 g/mol. The van der Waals surface area contributed by atoms with Crippen molar-refractivity contribution in [1.82, 2.24) is 9.97 Å². The van der Waals surface area contributed by atoms with Gasteiger partial charge in [0.2, 0.25) is 0 Å². The number of thioether (sulfide) groups is 1. The van der Waals surface area contributed by atoms with E-state index >= 15 is 0 Å². The summed E-state index contributed by atoms with van der Waals surface area (Å²) in [5, 5.41) is 3.83. The van der Waals surface area contributed by atoms with Crippen molar-refractivity contribution < 1.29 is 0 Å². The predicted octanol–water partition coefficient (Wildman–Crippen LogP) is 4.03. The van der Waals surface area contributed by atoms with Crippen LogP contribution in [-0.2, 0) is 12.2 Å². The molecule has 2 rings (SSSR count).